The molecule has 140 valence electrons. The maximum absolute atomic E-state index is 13.3. The molecule has 0 bridgehead atoms. The van der Waals surface area contributed by atoms with Crippen LogP contribution in [0.15, 0.2) is 36.4 Å². The summed E-state index contributed by atoms with van der Waals surface area (Å²) in [5, 5.41) is 2.75. The first-order valence-electron chi connectivity index (χ1n) is 7.75. The van der Waals surface area contributed by atoms with E-state index < -0.39 is 17.5 Å². The number of carbonyl (C=O) groups excluding carboxylic acids is 1. The van der Waals surface area contributed by atoms with Crippen LogP contribution in [0.2, 0.25) is 0 Å². The number of amides is 1. The molecule has 0 aromatic heterocycles. The van der Waals surface area contributed by atoms with Crippen molar-refractivity contribution in [3.8, 4) is 11.5 Å². The SMILES string of the molecule is CN(C)C(CNC(=O)c1ccc(F)c(F)c1)c1ccc2c(c1)OCO2.Cl. The second-order valence-corrected chi connectivity index (χ2v) is 5.93. The van der Waals surface area contributed by atoms with E-state index in [2.05, 4.69) is 5.32 Å². The van der Waals surface area contributed by atoms with Crippen LogP contribution in [0.5, 0.6) is 11.5 Å². The Kier molecular flexibility index (Phi) is 6.39. The lowest BCUT2D eigenvalue weighted by Gasteiger charge is -2.25. The van der Waals surface area contributed by atoms with E-state index in [4.69, 9.17) is 9.47 Å². The van der Waals surface area contributed by atoms with Crippen LogP contribution in [-0.4, -0.2) is 38.2 Å². The maximum Gasteiger partial charge on any atom is 0.251 e. The molecule has 2 aromatic carbocycles. The summed E-state index contributed by atoms with van der Waals surface area (Å²) in [6, 6.07) is 8.55. The number of ether oxygens (including phenoxy) is 2. The number of benzene rings is 2. The molecule has 1 N–H and O–H groups in total. The summed E-state index contributed by atoms with van der Waals surface area (Å²) >= 11 is 0. The van der Waals surface area contributed by atoms with Gasteiger partial charge >= 0.3 is 0 Å². The van der Waals surface area contributed by atoms with E-state index in [0.717, 1.165) is 17.7 Å². The Morgan fingerprint density at radius 1 is 1.12 bits per heavy atom. The molecule has 26 heavy (non-hydrogen) atoms. The van der Waals surface area contributed by atoms with Crippen molar-refractivity contribution in [2.75, 3.05) is 27.4 Å². The number of hydrogen-bond donors (Lipinski definition) is 1. The van der Waals surface area contributed by atoms with Gasteiger partial charge in [-0.05, 0) is 50.0 Å². The second-order valence-electron chi connectivity index (χ2n) is 5.93. The van der Waals surface area contributed by atoms with Gasteiger partial charge in [0, 0.05) is 12.1 Å². The fourth-order valence-corrected chi connectivity index (χ4v) is 2.65. The minimum atomic E-state index is -1.05. The van der Waals surface area contributed by atoms with E-state index in [1.54, 1.807) is 0 Å². The molecule has 0 saturated heterocycles. The molecule has 1 unspecified atom stereocenters. The fraction of sp³-hybridized carbons (Fsp3) is 0.278. The summed E-state index contributed by atoms with van der Waals surface area (Å²) in [6.45, 7) is 0.489. The Labute approximate surface area is 156 Å². The van der Waals surface area contributed by atoms with Crippen molar-refractivity contribution < 1.29 is 23.0 Å². The number of likely N-dealkylation sites (N-methyl/N-ethyl adjacent to an activating group) is 1. The minimum Gasteiger partial charge on any atom is -0.454 e. The van der Waals surface area contributed by atoms with Crippen LogP contribution in [-0.2, 0) is 0 Å². The Morgan fingerprint density at radius 3 is 2.54 bits per heavy atom. The van der Waals surface area contributed by atoms with Gasteiger partial charge in [0.25, 0.3) is 5.91 Å². The monoisotopic (exact) mass is 384 g/mol. The number of nitrogens with one attached hydrogen (secondary N) is 1. The molecule has 0 spiro atoms. The van der Waals surface area contributed by atoms with Crippen LogP contribution in [0.1, 0.15) is 22.0 Å². The molecule has 0 aliphatic carbocycles. The highest BCUT2D eigenvalue weighted by atomic mass is 35.5. The molecule has 5 nitrogen and oxygen atoms in total. The van der Waals surface area contributed by atoms with E-state index in [0.29, 0.717) is 18.0 Å². The quantitative estimate of drug-likeness (QED) is 0.860. The zero-order chi connectivity index (χ0) is 18.0. The number of rotatable bonds is 5. The summed E-state index contributed by atoms with van der Waals surface area (Å²) in [5.41, 5.74) is 1.02. The van der Waals surface area contributed by atoms with Gasteiger partial charge < -0.3 is 19.7 Å². The minimum absolute atomic E-state index is 0. The number of halogens is 3. The molecule has 1 atom stereocenters. The number of hydrogen-bond acceptors (Lipinski definition) is 4. The van der Waals surface area contributed by atoms with Gasteiger partial charge in [0.2, 0.25) is 6.79 Å². The largest absolute Gasteiger partial charge is 0.454 e. The standard InChI is InChI=1S/C18H18F2N2O3.ClH/c1-22(2)15(11-4-6-16-17(8-11)25-10-24-16)9-21-18(23)12-3-5-13(19)14(20)7-12;/h3-8,15H,9-10H2,1-2H3,(H,21,23);1H. The normalized spacial score (nSPS) is 13.3. The van der Waals surface area contributed by atoms with Gasteiger partial charge in [0.1, 0.15) is 0 Å². The van der Waals surface area contributed by atoms with Crippen LogP contribution in [0, 0.1) is 11.6 Å². The third-order valence-corrected chi connectivity index (χ3v) is 4.04. The van der Waals surface area contributed by atoms with E-state index in [-0.39, 0.29) is 30.8 Å². The lowest BCUT2D eigenvalue weighted by Crippen LogP contribution is -2.34. The lowest BCUT2D eigenvalue weighted by atomic mass is 10.0. The third kappa shape index (κ3) is 4.23. The van der Waals surface area contributed by atoms with E-state index in [9.17, 15) is 13.6 Å². The fourth-order valence-electron chi connectivity index (χ4n) is 2.65. The number of fused-ring (bicyclic) bond motifs is 1. The lowest BCUT2D eigenvalue weighted by molar-refractivity contribution is 0.0941. The van der Waals surface area contributed by atoms with Crippen LogP contribution in [0.3, 0.4) is 0 Å². The molecular formula is C18H19ClF2N2O3. The van der Waals surface area contributed by atoms with E-state index in [1.807, 2.05) is 37.2 Å². The van der Waals surface area contributed by atoms with Crippen molar-refractivity contribution >= 4 is 18.3 Å². The van der Waals surface area contributed by atoms with Crippen LogP contribution in [0.4, 0.5) is 8.78 Å². The molecule has 1 heterocycles. The predicted octanol–water partition coefficient (Wildman–Crippen LogP) is 3.15. The molecule has 1 amide bonds. The maximum atomic E-state index is 13.3. The van der Waals surface area contributed by atoms with Crippen molar-refractivity contribution in [1.82, 2.24) is 10.2 Å². The van der Waals surface area contributed by atoms with Gasteiger partial charge in [-0.15, -0.1) is 12.4 Å². The molecule has 1 aliphatic rings. The van der Waals surface area contributed by atoms with Crippen LogP contribution < -0.4 is 14.8 Å². The van der Waals surface area contributed by atoms with E-state index >= 15 is 0 Å². The second kappa shape index (κ2) is 8.33. The molecule has 1 aliphatic heterocycles. The van der Waals surface area contributed by atoms with Gasteiger partial charge in [-0.1, -0.05) is 6.07 Å². The first-order valence-corrected chi connectivity index (χ1v) is 7.75. The van der Waals surface area contributed by atoms with Gasteiger partial charge in [-0.25, -0.2) is 8.78 Å². The third-order valence-electron chi connectivity index (χ3n) is 4.04. The zero-order valence-electron chi connectivity index (χ0n) is 14.3. The highest BCUT2D eigenvalue weighted by Crippen LogP contribution is 2.34. The Bertz CT molecular complexity index is 802. The number of nitrogens with zero attached hydrogens (tertiary/aromatic N) is 1. The summed E-state index contributed by atoms with van der Waals surface area (Å²) in [6.07, 6.45) is 0. The molecular weight excluding hydrogens is 366 g/mol. The average molecular weight is 385 g/mol. The Morgan fingerprint density at radius 2 is 1.85 bits per heavy atom. The average Bonchev–Trinajstić information content (AvgIpc) is 3.04. The van der Waals surface area contributed by atoms with Crippen molar-refractivity contribution in [1.29, 1.82) is 0 Å². The molecule has 3 rings (SSSR count). The summed E-state index contributed by atoms with van der Waals surface area (Å²) < 4.78 is 36.9. The smallest absolute Gasteiger partial charge is 0.251 e. The van der Waals surface area contributed by atoms with Crippen molar-refractivity contribution in [2.24, 2.45) is 0 Å². The molecule has 0 saturated carbocycles. The predicted molar refractivity (Wildman–Crippen MR) is 94.9 cm³/mol. The zero-order valence-corrected chi connectivity index (χ0v) is 15.1. The van der Waals surface area contributed by atoms with Crippen LogP contribution >= 0.6 is 12.4 Å². The first kappa shape index (κ1) is 19.9. The molecule has 2 aromatic rings. The van der Waals surface area contributed by atoms with Gasteiger partial charge in [0.05, 0.1) is 6.04 Å². The summed E-state index contributed by atoms with van der Waals surface area (Å²) in [5.74, 6) is -1.15. The highest BCUT2D eigenvalue weighted by Gasteiger charge is 2.20. The molecule has 8 heteroatoms. The van der Waals surface area contributed by atoms with Crippen LogP contribution in [0.25, 0.3) is 0 Å². The number of carbonyl (C=O) groups is 1. The summed E-state index contributed by atoms with van der Waals surface area (Å²) in [7, 11) is 3.78. The van der Waals surface area contributed by atoms with Crippen molar-refractivity contribution in [3.05, 3.63) is 59.2 Å². The van der Waals surface area contributed by atoms with Gasteiger partial charge in [-0.3, -0.25) is 4.79 Å². The van der Waals surface area contributed by atoms with Gasteiger partial charge in [0.15, 0.2) is 23.1 Å². The molecule has 0 radical (unpaired) electrons. The van der Waals surface area contributed by atoms with Crippen molar-refractivity contribution in [3.63, 3.8) is 0 Å². The van der Waals surface area contributed by atoms with Crippen molar-refractivity contribution in [2.45, 2.75) is 6.04 Å². The van der Waals surface area contributed by atoms with Gasteiger partial charge in [-0.2, -0.15) is 0 Å². The summed E-state index contributed by atoms with van der Waals surface area (Å²) in [4.78, 5) is 14.1. The topological polar surface area (TPSA) is 50.8 Å². The first-order chi connectivity index (χ1) is 12.0. The van der Waals surface area contributed by atoms with E-state index in [1.165, 1.54) is 6.07 Å². The Balaban J connectivity index is 0.00000243. The highest BCUT2D eigenvalue weighted by molar-refractivity contribution is 5.94. The molecule has 0 fully saturated rings. The Hall–Kier alpha value is -2.38.